The second-order valence-corrected chi connectivity index (χ2v) is 4.75. The van der Waals surface area contributed by atoms with Crippen molar-refractivity contribution in [2.24, 2.45) is 0 Å². The van der Waals surface area contributed by atoms with E-state index in [0.717, 1.165) is 12.1 Å². The van der Waals surface area contributed by atoms with Crippen LogP contribution in [0.3, 0.4) is 0 Å². The van der Waals surface area contributed by atoms with Gasteiger partial charge < -0.3 is 4.74 Å². The van der Waals surface area contributed by atoms with E-state index in [1.54, 1.807) is 22.6 Å². The second-order valence-electron chi connectivity index (χ2n) is 4.75. The van der Waals surface area contributed by atoms with E-state index in [0.29, 0.717) is 29.3 Å². The highest BCUT2D eigenvalue weighted by molar-refractivity contribution is 5.42. The summed E-state index contributed by atoms with van der Waals surface area (Å²) in [6.45, 7) is 0. The third kappa shape index (κ3) is 2.61. The maximum absolute atomic E-state index is 12.6. The van der Waals surface area contributed by atoms with Crippen molar-refractivity contribution in [1.82, 2.24) is 14.6 Å². The lowest BCUT2D eigenvalue weighted by molar-refractivity contribution is -0.137. The number of methoxy groups -OCH3 is 1. The van der Waals surface area contributed by atoms with Gasteiger partial charge in [-0.05, 0) is 29.8 Å². The van der Waals surface area contributed by atoms with Crippen LogP contribution in [-0.2, 0) is 12.6 Å². The third-order valence-electron chi connectivity index (χ3n) is 3.31. The highest BCUT2D eigenvalue weighted by atomic mass is 19.4. The maximum atomic E-state index is 12.6. The Kier molecular flexibility index (Phi) is 3.48. The average molecular weight is 307 g/mol. The zero-order valence-electron chi connectivity index (χ0n) is 11.6. The monoisotopic (exact) mass is 307 g/mol. The Morgan fingerprint density at radius 3 is 2.41 bits per heavy atom. The first-order valence-corrected chi connectivity index (χ1v) is 6.52. The molecule has 0 aliphatic rings. The summed E-state index contributed by atoms with van der Waals surface area (Å²) in [5.74, 6) is 1.18. The number of aromatic nitrogens is 3. The first-order chi connectivity index (χ1) is 10.5. The van der Waals surface area contributed by atoms with Gasteiger partial charge in [-0.15, -0.1) is 10.2 Å². The van der Waals surface area contributed by atoms with Crippen LogP contribution < -0.4 is 4.74 Å². The molecule has 0 spiro atoms. The summed E-state index contributed by atoms with van der Waals surface area (Å²) in [4.78, 5) is 0. The molecule has 1 aromatic carbocycles. The van der Waals surface area contributed by atoms with E-state index in [9.17, 15) is 13.2 Å². The van der Waals surface area contributed by atoms with Crippen LogP contribution >= 0.6 is 0 Å². The van der Waals surface area contributed by atoms with Crippen LogP contribution in [0.25, 0.3) is 5.65 Å². The van der Waals surface area contributed by atoms with Crippen molar-refractivity contribution in [3.05, 3.63) is 59.4 Å². The molecule has 0 bridgehead atoms. The smallest absolute Gasteiger partial charge is 0.416 e. The summed E-state index contributed by atoms with van der Waals surface area (Å²) < 4.78 is 44.7. The molecule has 0 fully saturated rings. The SMILES string of the molecule is COc1cccc2nnc(Cc3ccc(C(F)(F)F)cc3)n12. The van der Waals surface area contributed by atoms with E-state index in [-0.39, 0.29) is 0 Å². The Hall–Kier alpha value is -2.57. The number of alkyl halides is 3. The molecular formula is C15H12F3N3O. The van der Waals surface area contributed by atoms with Crippen LogP contribution in [0.2, 0.25) is 0 Å². The molecular weight excluding hydrogens is 295 g/mol. The van der Waals surface area contributed by atoms with Gasteiger partial charge in [0.15, 0.2) is 5.65 Å². The van der Waals surface area contributed by atoms with Crippen molar-refractivity contribution in [2.45, 2.75) is 12.6 Å². The van der Waals surface area contributed by atoms with Crippen LogP contribution in [0.4, 0.5) is 13.2 Å². The molecule has 22 heavy (non-hydrogen) atoms. The van der Waals surface area contributed by atoms with Gasteiger partial charge in [-0.3, -0.25) is 0 Å². The lowest BCUT2D eigenvalue weighted by atomic mass is 10.1. The summed E-state index contributed by atoms with van der Waals surface area (Å²) in [7, 11) is 1.54. The molecule has 0 amide bonds. The first-order valence-electron chi connectivity index (χ1n) is 6.52. The molecule has 2 heterocycles. The molecule has 0 radical (unpaired) electrons. The first kappa shape index (κ1) is 14.4. The fourth-order valence-corrected chi connectivity index (χ4v) is 2.24. The molecule has 0 saturated carbocycles. The lowest BCUT2D eigenvalue weighted by Gasteiger charge is -2.08. The van der Waals surface area contributed by atoms with Crippen LogP contribution in [0.5, 0.6) is 5.88 Å². The lowest BCUT2D eigenvalue weighted by Crippen LogP contribution is -2.05. The van der Waals surface area contributed by atoms with Crippen LogP contribution in [0.1, 0.15) is 17.0 Å². The standard InChI is InChI=1S/C15H12F3N3O/c1-22-14-4-2-3-12-19-20-13(21(12)14)9-10-5-7-11(8-6-10)15(16,17)18/h2-8H,9H2,1H3. The molecule has 0 aliphatic carbocycles. The van der Waals surface area contributed by atoms with E-state index in [1.807, 2.05) is 0 Å². The number of ether oxygens (including phenoxy) is 1. The molecule has 7 heteroatoms. The quantitative estimate of drug-likeness (QED) is 0.745. The highest BCUT2D eigenvalue weighted by Gasteiger charge is 2.29. The normalized spacial score (nSPS) is 11.8. The second kappa shape index (κ2) is 5.32. The van der Waals surface area contributed by atoms with Gasteiger partial charge in [-0.1, -0.05) is 18.2 Å². The van der Waals surface area contributed by atoms with Crippen molar-refractivity contribution in [3.8, 4) is 5.88 Å². The number of benzene rings is 1. The van der Waals surface area contributed by atoms with E-state index in [2.05, 4.69) is 10.2 Å². The Bertz CT molecular complexity index is 794. The van der Waals surface area contributed by atoms with Crippen molar-refractivity contribution < 1.29 is 17.9 Å². The summed E-state index contributed by atoms with van der Waals surface area (Å²) in [6, 6.07) is 10.4. The summed E-state index contributed by atoms with van der Waals surface area (Å²) in [6.07, 6.45) is -3.97. The molecule has 2 aromatic heterocycles. The van der Waals surface area contributed by atoms with Gasteiger partial charge in [0.1, 0.15) is 5.82 Å². The summed E-state index contributed by atoms with van der Waals surface area (Å²) in [5, 5.41) is 8.11. The zero-order chi connectivity index (χ0) is 15.7. The van der Waals surface area contributed by atoms with Gasteiger partial charge >= 0.3 is 6.18 Å². The molecule has 0 aliphatic heterocycles. The number of nitrogens with zero attached hydrogens (tertiary/aromatic N) is 3. The Morgan fingerprint density at radius 1 is 1.05 bits per heavy atom. The molecule has 0 N–H and O–H groups in total. The number of fused-ring (bicyclic) bond motifs is 1. The number of hydrogen-bond donors (Lipinski definition) is 0. The van der Waals surface area contributed by atoms with E-state index in [1.165, 1.54) is 19.2 Å². The molecule has 3 aromatic rings. The van der Waals surface area contributed by atoms with Gasteiger partial charge in [-0.25, -0.2) is 4.40 Å². The van der Waals surface area contributed by atoms with E-state index in [4.69, 9.17) is 4.74 Å². The zero-order valence-corrected chi connectivity index (χ0v) is 11.6. The molecule has 0 saturated heterocycles. The molecule has 0 atom stereocenters. The van der Waals surface area contributed by atoms with Gasteiger partial charge in [0.05, 0.1) is 12.7 Å². The van der Waals surface area contributed by atoms with Crippen LogP contribution in [-0.4, -0.2) is 21.7 Å². The maximum Gasteiger partial charge on any atom is 0.416 e. The minimum Gasteiger partial charge on any atom is -0.482 e. The molecule has 4 nitrogen and oxygen atoms in total. The summed E-state index contributed by atoms with van der Waals surface area (Å²) in [5.41, 5.74) is 0.675. The predicted octanol–water partition coefficient (Wildman–Crippen LogP) is 3.35. The number of halogens is 3. The Labute approximate surface area is 124 Å². The Morgan fingerprint density at radius 2 is 1.77 bits per heavy atom. The minimum absolute atomic E-state index is 0.361. The van der Waals surface area contributed by atoms with Crippen LogP contribution in [0.15, 0.2) is 42.5 Å². The number of pyridine rings is 1. The van der Waals surface area contributed by atoms with Gasteiger partial charge in [0.25, 0.3) is 0 Å². The van der Waals surface area contributed by atoms with E-state index >= 15 is 0 Å². The van der Waals surface area contributed by atoms with Gasteiger partial charge in [-0.2, -0.15) is 13.2 Å². The predicted molar refractivity (Wildman–Crippen MR) is 73.8 cm³/mol. The van der Waals surface area contributed by atoms with Crippen molar-refractivity contribution in [3.63, 3.8) is 0 Å². The van der Waals surface area contributed by atoms with Crippen molar-refractivity contribution >= 4 is 5.65 Å². The number of rotatable bonds is 3. The van der Waals surface area contributed by atoms with Gasteiger partial charge in [0.2, 0.25) is 5.88 Å². The van der Waals surface area contributed by atoms with Crippen molar-refractivity contribution in [2.75, 3.05) is 7.11 Å². The third-order valence-corrected chi connectivity index (χ3v) is 3.31. The summed E-state index contributed by atoms with van der Waals surface area (Å²) >= 11 is 0. The van der Waals surface area contributed by atoms with E-state index < -0.39 is 11.7 Å². The molecule has 114 valence electrons. The largest absolute Gasteiger partial charge is 0.482 e. The topological polar surface area (TPSA) is 39.4 Å². The molecule has 0 unspecified atom stereocenters. The van der Waals surface area contributed by atoms with Crippen molar-refractivity contribution in [1.29, 1.82) is 0 Å². The highest BCUT2D eigenvalue weighted by Crippen LogP contribution is 2.29. The van der Waals surface area contributed by atoms with Crippen LogP contribution in [0, 0.1) is 0 Å². The van der Waals surface area contributed by atoms with Gasteiger partial charge in [0, 0.05) is 6.42 Å². The number of hydrogen-bond acceptors (Lipinski definition) is 3. The minimum atomic E-state index is -4.33. The fraction of sp³-hybridized carbons (Fsp3) is 0.200. The molecule has 3 rings (SSSR count). The fourth-order valence-electron chi connectivity index (χ4n) is 2.24. The average Bonchev–Trinajstić information content (AvgIpc) is 2.90. The Balaban J connectivity index is 1.93.